The van der Waals surface area contributed by atoms with Gasteiger partial charge in [-0.15, -0.1) is 0 Å². The number of para-hydroxylation sites is 1. The number of nitrogens with one attached hydrogen (secondary N) is 14. The van der Waals surface area contributed by atoms with Crippen molar-refractivity contribution in [3.05, 3.63) is 168 Å². The summed E-state index contributed by atoms with van der Waals surface area (Å²) < 4.78 is 37.7. The van der Waals surface area contributed by atoms with E-state index in [0.29, 0.717) is 52.4 Å². The predicted octanol–water partition coefficient (Wildman–Crippen LogP) is -0.444. The summed E-state index contributed by atoms with van der Waals surface area (Å²) in [6.45, 7) is 8.91. The van der Waals surface area contributed by atoms with Crippen molar-refractivity contribution in [1.29, 1.82) is 0 Å². The van der Waals surface area contributed by atoms with Gasteiger partial charge in [0.25, 0.3) is 0 Å². The average Bonchev–Trinajstić information content (AvgIpc) is 1.62. The first-order valence-corrected chi connectivity index (χ1v) is 52.4. The van der Waals surface area contributed by atoms with Crippen LogP contribution in [-0.2, 0) is 117 Å². The van der Waals surface area contributed by atoms with Gasteiger partial charge in [-0.1, -0.05) is 164 Å². The number of benzene rings is 4. The van der Waals surface area contributed by atoms with Crippen LogP contribution in [0.5, 0.6) is 0 Å². The fourth-order valence-corrected chi connectivity index (χ4v) is 22.2. The minimum absolute atomic E-state index is 0.0524. The summed E-state index contributed by atoms with van der Waals surface area (Å²) >= 11 is 0. The number of aliphatic carboxylic acids is 1. The summed E-state index contributed by atoms with van der Waals surface area (Å²) in [6, 6.07) is 9.57. The van der Waals surface area contributed by atoms with E-state index in [0.717, 1.165) is 41.9 Å². The Labute approximate surface area is 869 Å². The zero-order valence-electron chi connectivity index (χ0n) is 84.2. The van der Waals surface area contributed by atoms with Crippen molar-refractivity contribution in [2.75, 3.05) is 44.4 Å². The van der Waals surface area contributed by atoms with E-state index in [1.807, 2.05) is 20.8 Å². The number of Topliss-reactive ketones (excluding diaryl/α,β-unsaturated/α-hetero) is 1. The molecule has 0 bridgehead atoms. The van der Waals surface area contributed by atoms with Gasteiger partial charge in [-0.2, -0.15) is 0 Å². The molecule has 2 unspecified atom stereocenters. The van der Waals surface area contributed by atoms with Gasteiger partial charge in [-0.3, -0.25) is 81.5 Å². The largest absolute Gasteiger partial charge is 0.480 e. The van der Waals surface area contributed by atoms with Crippen LogP contribution in [0.1, 0.15) is 154 Å². The third kappa shape index (κ3) is 32.8. The second-order valence-electron chi connectivity index (χ2n) is 39.0. The number of hydrogen-bond donors (Lipinski definition) is 23. The molecule has 4 aliphatic carbocycles. The topological polar surface area (TPSA) is 694 Å². The van der Waals surface area contributed by atoms with Crippen LogP contribution in [0.25, 0.3) is 10.9 Å². The number of carboxylic acids is 1. The van der Waals surface area contributed by atoms with Crippen molar-refractivity contribution in [2.24, 2.45) is 57.4 Å². The highest BCUT2D eigenvalue weighted by Gasteiger charge is 2.73. The van der Waals surface area contributed by atoms with Crippen molar-refractivity contribution < 1.29 is 125 Å². The smallest absolute Gasteiger partial charge is 0.327 e. The zero-order chi connectivity index (χ0) is 109. The second kappa shape index (κ2) is 56.6. The van der Waals surface area contributed by atoms with E-state index in [2.05, 4.69) is 74.1 Å². The number of ketones is 2. The lowest BCUT2D eigenvalue weighted by molar-refractivity contribution is -0.202. The van der Waals surface area contributed by atoms with Crippen molar-refractivity contribution in [1.82, 2.24) is 74.1 Å². The van der Waals surface area contributed by atoms with Gasteiger partial charge in [0.2, 0.25) is 82.7 Å². The van der Waals surface area contributed by atoms with Gasteiger partial charge in [0.05, 0.1) is 43.9 Å². The number of esters is 1. The van der Waals surface area contributed by atoms with Gasteiger partial charge >= 0.3 is 11.9 Å². The molecule has 46 heteroatoms. The second-order valence-corrected chi connectivity index (χ2v) is 41.5. The molecule has 27 N–H and O–H groups in total. The number of unbranched alkanes of at least 4 members (excludes halogenated alkanes) is 3. The predicted molar refractivity (Wildman–Crippen MR) is 547 cm³/mol. The first-order valence-electron chi connectivity index (χ1n) is 49.9. The molecule has 2 heterocycles. The van der Waals surface area contributed by atoms with E-state index < -0.39 is 257 Å². The van der Waals surface area contributed by atoms with Gasteiger partial charge in [0.1, 0.15) is 85.3 Å². The Hall–Kier alpha value is -13.0. The molecule has 4 fully saturated rings. The third-order valence-electron chi connectivity index (χ3n) is 27.7. The number of aromatic amines is 1. The number of carbonyl (C=O) groups excluding carboxylic acids is 17. The van der Waals surface area contributed by atoms with Crippen LogP contribution < -0.4 is 92.1 Å². The molecule has 5 aliphatic rings. The van der Waals surface area contributed by atoms with Crippen LogP contribution in [0.2, 0.25) is 0 Å². The highest BCUT2D eigenvalue weighted by molar-refractivity contribution is 8.76. The summed E-state index contributed by atoms with van der Waals surface area (Å²) in [5.74, 6) is -20.5. The molecule has 5 aromatic rings. The molecular formula is C103H140F2N18O24S2. The van der Waals surface area contributed by atoms with E-state index in [4.69, 9.17) is 27.7 Å². The quantitative estimate of drug-likeness (QED) is 0.0147. The number of nitrogens with two attached hydrogens (primary N) is 4. The third-order valence-corrected chi connectivity index (χ3v) is 30.1. The zero-order valence-corrected chi connectivity index (χ0v) is 85.9. The Bertz CT molecular complexity index is 5600. The number of aliphatic hydroxyl groups is 4. The molecule has 4 aromatic carbocycles. The van der Waals surface area contributed by atoms with Crippen molar-refractivity contribution >= 4 is 139 Å². The minimum atomic E-state index is -2.15. The van der Waals surface area contributed by atoms with Gasteiger partial charge < -0.3 is 127 Å². The van der Waals surface area contributed by atoms with Crippen molar-refractivity contribution in [3.63, 3.8) is 0 Å². The summed E-state index contributed by atoms with van der Waals surface area (Å²) in [4.78, 5) is 254. The van der Waals surface area contributed by atoms with Crippen LogP contribution >= 0.6 is 21.6 Å². The van der Waals surface area contributed by atoms with Crippen molar-refractivity contribution in [2.45, 2.75) is 266 Å². The molecule has 1 aromatic heterocycles. The molecule has 42 nitrogen and oxygen atoms in total. The lowest BCUT2D eigenvalue weighted by atomic mass is 9.45. The summed E-state index contributed by atoms with van der Waals surface area (Å²) in [5, 5.41) is 87.4. The maximum Gasteiger partial charge on any atom is 0.327 e. The van der Waals surface area contributed by atoms with Crippen LogP contribution in [0.4, 0.5) is 8.78 Å². The van der Waals surface area contributed by atoms with Crippen LogP contribution in [0.3, 0.4) is 0 Å². The van der Waals surface area contributed by atoms with Crippen LogP contribution in [0, 0.1) is 34.5 Å². The Morgan fingerprint density at radius 2 is 1.02 bits per heavy atom. The number of rotatable bonds is 32. The molecule has 10 rings (SSSR count). The maximum atomic E-state index is 17.1. The summed E-state index contributed by atoms with van der Waals surface area (Å²) in [5.41, 5.74) is 21.4. The normalized spacial score (nSPS) is 28.6. The van der Waals surface area contributed by atoms with Crippen molar-refractivity contribution in [3.8, 4) is 0 Å². The monoisotopic (exact) mass is 2110 g/mol. The average molecular weight is 2120 g/mol. The Kier molecular flexibility index (Phi) is 45.4. The first-order chi connectivity index (χ1) is 70.8. The number of H-pyrrole nitrogens is 1. The molecule has 24 atom stereocenters. The Balaban J connectivity index is 0.000000605. The number of allylic oxidation sites excluding steroid dienone is 4. The number of carboxylic acid groups (broad SMARTS) is 1. The number of halogens is 2. The van der Waals surface area contributed by atoms with Gasteiger partial charge in [0, 0.05) is 78.0 Å². The minimum Gasteiger partial charge on any atom is -0.480 e. The number of fused-ring (bicyclic) bond motifs is 6. The summed E-state index contributed by atoms with van der Waals surface area (Å²) in [6.07, 6.45) is -0.273. The molecular weight excluding hydrogens is 1980 g/mol. The number of carbonyl (C=O) groups is 18. The molecule has 14 amide bonds. The molecule has 3 saturated carbocycles. The number of hydrogen-bond acceptors (Lipinski definition) is 28. The number of aromatic nitrogens is 1. The first kappa shape index (κ1) is 120. The fraction of sp³-hybridized carbons (Fsp3) is 0.534. The Morgan fingerprint density at radius 1 is 0.564 bits per heavy atom. The fourth-order valence-electron chi connectivity index (χ4n) is 19.8. The Morgan fingerprint density at radius 3 is 1.52 bits per heavy atom. The summed E-state index contributed by atoms with van der Waals surface area (Å²) in [7, 11) is 1.49. The van der Waals surface area contributed by atoms with Gasteiger partial charge in [0.15, 0.2) is 17.2 Å². The highest BCUT2D eigenvalue weighted by Crippen LogP contribution is 2.70. The number of amides is 14. The van der Waals surface area contributed by atoms with Crippen LogP contribution in [-0.4, -0.2) is 290 Å². The molecule has 1 aliphatic heterocycles. The number of alkyl halides is 2. The van der Waals surface area contributed by atoms with Gasteiger partial charge in [-0.25, -0.2) is 13.6 Å². The van der Waals surface area contributed by atoms with E-state index in [1.54, 1.807) is 128 Å². The van der Waals surface area contributed by atoms with E-state index in [-0.39, 0.29) is 126 Å². The van der Waals surface area contributed by atoms with Gasteiger partial charge in [-0.05, 0) is 168 Å². The van der Waals surface area contributed by atoms with E-state index >= 15 is 23.2 Å². The lowest BCUT2D eigenvalue weighted by Crippen LogP contribution is -2.68. The molecule has 0 spiro atoms. The lowest BCUT2D eigenvalue weighted by Gasteiger charge is -2.62. The molecule has 0 radical (unpaired) electrons. The molecule has 812 valence electrons. The highest BCUT2D eigenvalue weighted by atomic mass is 33.1. The SMILES string of the molecule is CC(O)[C@@H]1NC(=O)[C@H](Cc2ccccc2)NC(=O)[C@H](C(C)O)NC(=O)[C@H](CCCCN)NC(=O)[C@H](Cc2c[nH]c3ccccc23)NC(=O)[C@H](Cc2ccccc2)NC(=O)[C@H](Cc2ccccc2)NC(=O)[C@H](CC(N)=O)NC(=O)[C@H](CCCCN)NC(=O)[C@@H](NC(=O)CNC(=O)[C@H](C)N)CSSC[C@@H](C(=O)O)NC(=O)[C@H](CO)NC1=O.CCCCC(=O)OCC(=O)[C@H]1[C@H](C)C[C@H]2[C@@H]3C[C@H](F)C4=CC(=O)C=C[C@]4(C)[C@@]3(F)[C@@H](O)C[C@@]21C. The molecule has 1 saturated heterocycles. The van der Waals surface area contributed by atoms with E-state index in [1.165, 1.54) is 25.2 Å². The standard InChI is InChI=1S/C76H104N18O19S2.C27H36F2O5/c1-41(79)64(100)82-37-61(99)83-58-39-114-115-40-59(76(112)113)92-72(108)57(38-95)91-75(111)63(43(3)97)94-71(107)54(33-46-23-11-6-12-24-46)90-74(110)62(42(2)96)93-66(102)51(28-16-18-30-78)84-69(105)55(34-47-36-81-49-26-14-13-25-48(47)49)88-68(104)53(32-45-21-9-5-10-22-45)86-67(103)52(31-44-19-7-4-8-20-44)87-70(106)56(35-60(80)98)89-65(101)50(85-73(58)109)27-15-17-29-77;1-5-6-7-23(33)34-14-21(31)24-15(2)10-17-18-12-20(28)19-11-16(30)8-9-26(19,4)27(18,29)22(32)13-25(17,24)3/h4-14,19-26,36,41-43,50-59,62-63,81,95-97H,15-18,27-35,37-40,77-79H2,1-3H3,(H2,80,98)(H,82,100)(H,83,99)(H,84,105)(H,85,109)(H,86,103)(H,87,106)(H,88,104)(H,89,101)(H,90,110)(H,91,111)(H,92,108)(H,93,102)(H,94,107)(H,112,113);8-9,11,15,17-18,20,22,24,32H,5-7,10,12-14H2,1-4H3/t41-,42?,43?,50-,51-,52-,53-,54-,55-,56-,57-,58-,59-,62-,63-;15-,17+,18+,20+,22+,24-,25+,26+,27+/m01/s1. The number of primary amides is 1. The number of aliphatic hydroxyl groups excluding tert-OH is 4. The van der Waals surface area contributed by atoms with E-state index in [9.17, 15) is 97.5 Å². The maximum absolute atomic E-state index is 17.1. The number of ether oxygens (including phenoxy) is 1. The van der Waals surface area contributed by atoms with Crippen LogP contribution in [0.15, 0.2) is 145 Å². The molecule has 149 heavy (non-hydrogen) atoms.